The molecule has 21 heavy (non-hydrogen) atoms. The maximum Gasteiger partial charge on any atom is 0.573 e. The molecule has 4 nitrogen and oxygen atoms in total. The first kappa shape index (κ1) is 15.1. The predicted octanol–water partition coefficient (Wildman–Crippen LogP) is 4.00. The predicted molar refractivity (Wildman–Crippen MR) is 68.3 cm³/mol. The van der Waals surface area contributed by atoms with Gasteiger partial charge in [0.15, 0.2) is 0 Å². The number of nitrogens with zero attached hydrogens (tertiary/aromatic N) is 1. The monoisotopic (exact) mass is 317 g/mol. The van der Waals surface area contributed by atoms with Crippen molar-refractivity contribution >= 4 is 17.6 Å². The van der Waals surface area contributed by atoms with Crippen LogP contribution in [0.25, 0.3) is 11.3 Å². The summed E-state index contributed by atoms with van der Waals surface area (Å²) < 4.78 is 40.3. The van der Waals surface area contributed by atoms with E-state index in [2.05, 4.69) is 9.72 Å². The normalized spacial score (nSPS) is 11.2. The van der Waals surface area contributed by atoms with E-state index in [0.29, 0.717) is 0 Å². The number of aromatic carboxylic acids is 1. The minimum absolute atomic E-state index is 0.0594. The molecule has 0 aliphatic carbocycles. The van der Waals surface area contributed by atoms with Crippen LogP contribution < -0.4 is 4.74 Å². The molecule has 0 fully saturated rings. The summed E-state index contributed by atoms with van der Waals surface area (Å²) in [5.74, 6) is -1.70. The molecule has 1 N–H and O–H groups in total. The fourth-order valence-corrected chi connectivity index (χ4v) is 1.95. The van der Waals surface area contributed by atoms with Crippen LogP contribution in [0.5, 0.6) is 5.75 Å². The molecule has 0 radical (unpaired) electrons. The van der Waals surface area contributed by atoms with E-state index in [1.807, 2.05) is 0 Å². The molecule has 0 aliphatic heterocycles. The Bertz CT molecular complexity index is 689. The van der Waals surface area contributed by atoms with Crippen LogP contribution in [-0.2, 0) is 0 Å². The van der Waals surface area contributed by atoms with Gasteiger partial charge in [0.25, 0.3) is 0 Å². The average molecular weight is 318 g/mol. The molecule has 0 amide bonds. The van der Waals surface area contributed by atoms with Crippen molar-refractivity contribution in [2.75, 3.05) is 0 Å². The first-order valence-corrected chi connectivity index (χ1v) is 5.90. The van der Waals surface area contributed by atoms with E-state index in [4.69, 9.17) is 16.7 Å². The van der Waals surface area contributed by atoms with E-state index in [-0.39, 0.29) is 21.8 Å². The Balaban J connectivity index is 2.46. The lowest BCUT2D eigenvalue weighted by atomic mass is 10.1. The van der Waals surface area contributed by atoms with Crippen LogP contribution >= 0.6 is 11.6 Å². The van der Waals surface area contributed by atoms with Gasteiger partial charge in [0.05, 0.1) is 16.3 Å². The van der Waals surface area contributed by atoms with Crippen molar-refractivity contribution in [3.8, 4) is 17.0 Å². The number of alkyl halides is 3. The molecule has 0 aliphatic rings. The number of ether oxygens (including phenoxy) is 1. The molecule has 1 heterocycles. The topological polar surface area (TPSA) is 59.4 Å². The number of rotatable bonds is 3. The van der Waals surface area contributed by atoms with Gasteiger partial charge in [-0.15, -0.1) is 13.2 Å². The van der Waals surface area contributed by atoms with Gasteiger partial charge >= 0.3 is 12.3 Å². The van der Waals surface area contributed by atoms with Gasteiger partial charge in [-0.1, -0.05) is 23.7 Å². The Hall–Kier alpha value is -2.28. The quantitative estimate of drug-likeness (QED) is 0.929. The fourth-order valence-electron chi connectivity index (χ4n) is 1.65. The molecule has 2 aromatic rings. The van der Waals surface area contributed by atoms with Crippen LogP contribution in [-0.4, -0.2) is 22.4 Å². The highest BCUT2D eigenvalue weighted by atomic mass is 35.5. The van der Waals surface area contributed by atoms with Gasteiger partial charge < -0.3 is 9.84 Å². The van der Waals surface area contributed by atoms with Crippen molar-refractivity contribution in [3.05, 3.63) is 47.1 Å². The minimum Gasteiger partial charge on any atom is -0.478 e. The number of carbonyl (C=O) groups is 1. The summed E-state index contributed by atoms with van der Waals surface area (Å²) in [4.78, 5) is 14.9. The van der Waals surface area contributed by atoms with Crippen molar-refractivity contribution in [2.45, 2.75) is 6.36 Å². The smallest absolute Gasteiger partial charge is 0.478 e. The molecule has 0 spiro atoms. The SMILES string of the molecule is O=C(O)c1ccnc(-c2cccc(OC(F)(F)F)c2)c1Cl. The van der Waals surface area contributed by atoms with Crippen LogP contribution in [0.1, 0.15) is 10.4 Å². The maximum absolute atomic E-state index is 12.2. The summed E-state index contributed by atoms with van der Waals surface area (Å²) in [6.45, 7) is 0. The summed E-state index contributed by atoms with van der Waals surface area (Å²) in [5, 5.41) is 8.80. The van der Waals surface area contributed by atoms with Crippen molar-refractivity contribution in [1.82, 2.24) is 4.98 Å². The molecule has 1 aromatic heterocycles. The Kier molecular flexibility index (Phi) is 4.04. The number of pyridine rings is 1. The third-order valence-corrected chi connectivity index (χ3v) is 2.84. The highest BCUT2D eigenvalue weighted by molar-refractivity contribution is 6.35. The van der Waals surface area contributed by atoms with E-state index in [1.165, 1.54) is 24.4 Å². The first-order valence-electron chi connectivity index (χ1n) is 5.52. The second-order valence-corrected chi connectivity index (χ2v) is 4.28. The van der Waals surface area contributed by atoms with Crippen LogP contribution in [0.2, 0.25) is 5.02 Å². The molecule has 0 saturated carbocycles. The summed E-state index contributed by atoms with van der Waals surface area (Å²) in [6, 6.07) is 6.16. The molecular weight excluding hydrogens is 311 g/mol. The number of aromatic nitrogens is 1. The van der Waals surface area contributed by atoms with E-state index >= 15 is 0 Å². The van der Waals surface area contributed by atoms with Gasteiger partial charge in [-0.3, -0.25) is 4.98 Å². The Morgan fingerprint density at radius 3 is 2.62 bits per heavy atom. The molecule has 2 rings (SSSR count). The van der Waals surface area contributed by atoms with Gasteiger partial charge in [0.1, 0.15) is 5.75 Å². The highest BCUT2D eigenvalue weighted by Gasteiger charge is 2.31. The number of benzene rings is 1. The maximum atomic E-state index is 12.2. The zero-order valence-corrected chi connectivity index (χ0v) is 10.9. The Morgan fingerprint density at radius 2 is 2.00 bits per heavy atom. The lowest BCUT2D eigenvalue weighted by Crippen LogP contribution is -2.17. The van der Waals surface area contributed by atoms with Crippen molar-refractivity contribution in [1.29, 1.82) is 0 Å². The second kappa shape index (κ2) is 5.61. The third-order valence-electron chi connectivity index (χ3n) is 2.46. The second-order valence-electron chi connectivity index (χ2n) is 3.90. The third kappa shape index (κ3) is 3.63. The zero-order chi connectivity index (χ0) is 15.6. The zero-order valence-electron chi connectivity index (χ0n) is 10.2. The number of carboxylic acid groups (broad SMARTS) is 1. The lowest BCUT2D eigenvalue weighted by molar-refractivity contribution is -0.274. The van der Waals surface area contributed by atoms with Crippen LogP contribution in [0.15, 0.2) is 36.5 Å². The van der Waals surface area contributed by atoms with Gasteiger partial charge in [-0.05, 0) is 18.2 Å². The number of hydrogen-bond acceptors (Lipinski definition) is 3. The molecule has 0 atom stereocenters. The average Bonchev–Trinajstić information content (AvgIpc) is 2.36. The van der Waals surface area contributed by atoms with Crippen LogP contribution in [0.4, 0.5) is 13.2 Å². The number of carboxylic acids is 1. The molecule has 110 valence electrons. The molecular formula is C13H7ClF3NO3. The molecule has 0 bridgehead atoms. The van der Waals surface area contributed by atoms with E-state index in [1.54, 1.807) is 0 Å². The highest BCUT2D eigenvalue weighted by Crippen LogP contribution is 2.32. The van der Waals surface area contributed by atoms with E-state index in [0.717, 1.165) is 12.1 Å². The molecule has 0 saturated heterocycles. The first-order chi connectivity index (χ1) is 9.78. The largest absolute Gasteiger partial charge is 0.573 e. The standard InChI is InChI=1S/C13H7ClF3NO3/c14-10-9(12(19)20)4-5-18-11(10)7-2-1-3-8(6-7)21-13(15,16)17/h1-6H,(H,19,20). The fraction of sp³-hybridized carbons (Fsp3) is 0.0769. The Morgan fingerprint density at radius 1 is 1.29 bits per heavy atom. The van der Waals surface area contributed by atoms with Crippen molar-refractivity contribution < 1.29 is 27.8 Å². The summed E-state index contributed by atoms with van der Waals surface area (Å²) in [6.07, 6.45) is -3.61. The van der Waals surface area contributed by atoms with E-state index in [9.17, 15) is 18.0 Å². The summed E-state index contributed by atoms with van der Waals surface area (Å²) in [5.41, 5.74) is 0.0813. The minimum atomic E-state index is -4.82. The Labute approximate surface area is 121 Å². The molecule has 1 aromatic carbocycles. The van der Waals surface area contributed by atoms with Crippen molar-refractivity contribution in [3.63, 3.8) is 0 Å². The van der Waals surface area contributed by atoms with Crippen molar-refractivity contribution in [2.24, 2.45) is 0 Å². The van der Waals surface area contributed by atoms with Crippen LogP contribution in [0.3, 0.4) is 0 Å². The van der Waals surface area contributed by atoms with Gasteiger partial charge in [-0.2, -0.15) is 0 Å². The number of hydrogen-bond donors (Lipinski definition) is 1. The van der Waals surface area contributed by atoms with Gasteiger partial charge in [-0.25, -0.2) is 4.79 Å². The molecule has 8 heteroatoms. The lowest BCUT2D eigenvalue weighted by Gasteiger charge is -2.11. The van der Waals surface area contributed by atoms with Gasteiger partial charge in [0, 0.05) is 11.8 Å². The summed E-state index contributed by atoms with van der Waals surface area (Å²) >= 11 is 5.92. The molecule has 0 unspecified atom stereocenters. The number of halogens is 4. The van der Waals surface area contributed by atoms with E-state index < -0.39 is 18.1 Å². The summed E-state index contributed by atoms with van der Waals surface area (Å²) in [7, 11) is 0. The van der Waals surface area contributed by atoms with Crippen LogP contribution in [0, 0.1) is 0 Å². The van der Waals surface area contributed by atoms with Gasteiger partial charge in [0.2, 0.25) is 0 Å².